The van der Waals surface area contributed by atoms with E-state index in [0.717, 1.165) is 12.1 Å². The predicted molar refractivity (Wildman–Crippen MR) is 73.0 cm³/mol. The van der Waals surface area contributed by atoms with Crippen LogP contribution in [0.25, 0.3) is 0 Å². The molecule has 6 heteroatoms. The number of nitrogens with one attached hydrogen (secondary N) is 1. The normalized spacial score (nSPS) is 24.9. The van der Waals surface area contributed by atoms with Gasteiger partial charge in [0.1, 0.15) is 17.4 Å². The van der Waals surface area contributed by atoms with Gasteiger partial charge < -0.3 is 14.8 Å². The highest BCUT2D eigenvalue weighted by Gasteiger charge is 2.46. The number of hydrogen-bond donors (Lipinski definition) is 1. The van der Waals surface area contributed by atoms with Crippen LogP contribution in [0.15, 0.2) is 18.2 Å². The average molecular weight is 299 g/mol. The van der Waals surface area contributed by atoms with Crippen LogP contribution in [-0.4, -0.2) is 31.3 Å². The Balaban J connectivity index is 2.04. The van der Waals surface area contributed by atoms with Gasteiger partial charge >= 0.3 is 5.97 Å². The summed E-state index contributed by atoms with van der Waals surface area (Å²) < 4.78 is 36.8. The fraction of sp³-hybridized carbons (Fsp3) is 0.533. The molecule has 0 bridgehead atoms. The molecule has 0 radical (unpaired) electrons. The molecule has 2 unspecified atom stereocenters. The highest BCUT2D eigenvalue weighted by atomic mass is 19.2. The van der Waals surface area contributed by atoms with Gasteiger partial charge in [0, 0.05) is 12.5 Å². The third kappa shape index (κ3) is 3.32. The van der Waals surface area contributed by atoms with E-state index >= 15 is 0 Å². The molecule has 1 aromatic carbocycles. The third-order valence-corrected chi connectivity index (χ3v) is 3.81. The lowest BCUT2D eigenvalue weighted by atomic mass is 9.98. The van der Waals surface area contributed by atoms with Gasteiger partial charge in [0.25, 0.3) is 0 Å². The lowest BCUT2D eigenvalue weighted by Crippen LogP contribution is -2.49. The zero-order valence-electron chi connectivity index (χ0n) is 12.1. The average Bonchev–Trinajstić information content (AvgIpc) is 2.88. The number of likely N-dealkylation sites (N-methyl/N-ethyl adjacent to an activating group) is 1. The van der Waals surface area contributed by atoms with Crippen molar-refractivity contribution in [1.82, 2.24) is 5.32 Å². The summed E-state index contributed by atoms with van der Waals surface area (Å²) in [5.74, 6) is -1.90. The van der Waals surface area contributed by atoms with Gasteiger partial charge in [0.05, 0.1) is 6.61 Å². The number of esters is 1. The van der Waals surface area contributed by atoms with Crippen molar-refractivity contribution in [2.24, 2.45) is 0 Å². The van der Waals surface area contributed by atoms with Crippen LogP contribution in [-0.2, 0) is 9.53 Å². The van der Waals surface area contributed by atoms with Crippen molar-refractivity contribution in [3.05, 3.63) is 29.8 Å². The van der Waals surface area contributed by atoms with Crippen LogP contribution in [0.5, 0.6) is 5.75 Å². The first kappa shape index (κ1) is 15.7. The van der Waals surface area contributed by atoms with E-state index in [1.165, 1.54) is 6.07 Å². The Morgan fingerprint density at radius 2 is 2.19 bits per heavy atom. The number of ether oxygens (including phenoxy) is 2. The zero-order valence-corrected chi connectivity index (χ0v) is 12.1. The van der Waals surface area contributed by atoms with Gasteiger partial charge in [0.15, 0.2) is 11.6 Å². The summed E-state index contributed by atoms with van der Waals surface area (Å²) in [5.41, 5.74) is -0.765. The lowest BCUT2D eigenvalue weighted by Gasteiger charge is -2.26. The lowest BCUT2D eigenvalue weighted by molar-refractivity contribution is -0.151. The first-order valence-electron chi connectivity index (χ1n) is 6.98. The number of hydrogen-bond acceptors (Lipinski definition) is 4. The van der Waals surface area contributed by atoms with E-state index in [0.29, 0.717) is 25.9 Å². The Morgan fingerprint density at radius 3 is 2.81 bits per heavy atom. The van der Waals surface area contributed by atoms with Gasteiger partial charge in [0.2, 0.25) is 0 Å². The van der Waals surface area contributed by atoms with E-state index in [1.54, 1.807) is 14.0 Å². The van der Waals surface area contributed by atoms with E-state index < -0.39 is 17.2 Å². The second-order valence-corrected chi connectivity index (χ2v) is 5.11. The minimum Gasteiger partial charge on any atom is -0.490 e. The Morgan fingerprint density at radius 1 is 1.43 bits per heavy atom. The first-order chi connectivity index (χ1) is 10.0. The van der Waals surface area contributed by atoms with Crippen LogP contribution in [0.2, 0.25) is 0 Å². The topological polar surface area (TPSA) is 47.6 Å². The number of carbonyl (C=O) groups excluding carboxylic acids is 1. The fourth-order valence-electron chi connectivity index (χ4n) is 2.63. The maximum atomic E-state index is 13.2. The molecule has 0 aliphatic heterocycles. The molecule has 1 fully saturated rings. The molecule has 1 aliphatic rings. The molecule has 4 nitrogen and oxygen atoms in total. The summed E-state index contributed by atoms with van der Waals surface area (Å²) in [6.07, 6.45) is 1.41. The second-order valence-electron chi connectivity index (χ2n) is 5.11. The molecule has 1 saturated carbocycles. The Bertz CT molecular complexity index is 524. The predicted octanol–water partition coefficient (Wildman–Crippen LogP) is 2.42. The molecule has 0 amide bonds. The summed E-state index contributed by atoms with van der Waals surface area (Å²) in [7, 11) is 1.71. The maximum absolute atomic E-state index is 13.2. The second kappa shape index (κ2) is 6.39. The molecule has 0 heterocycles. The van der Waals surface area contributed by atoms with Crippen LogP contribution in [0.4, 0.5) is 8.78 Å². The van der Waals surface area contributed by atoms with E-state index in [-0.39, 0.29) is 17.8 Å². The highest BCUT2D eigenvalue weighted by Crippen LogP contribution is 2.34. The Labute approximate surface area is 122 Å². The molecule has 0 spiro atoms. The van der Waals surface area contributed by atoms with Gasteiger partial charge in [-0.1, -0.05) is 0 Å². The van der Waals surface area contributed by atoms with Crippen molar-refractivity contribution in [2.45, 2.75) is 37.8 Å². The first-order valence-corrected chi connectivity index (χ1v) is 6.98. The molecule has 21 heavy (non-hydrogen) atoms. The van der Waals surface area contributed by atoms with Crippen molar-refractivity contribution in [3.63, 3.8) is 0 Å². The van der Waals surface area contributed by atoms with Crippen molar-refractivity contribution in [1.29, 1.82) is 0 Å². The van der Waals surface area contributed by atoms with Crippen molar-refractivity contribution in [3.8, 4) is 5.75 Å². The minimum atomic E-state index is -0.948. The van der Waals surface area contributed by atoms with Crippen LogP contribution < -0.4 is 10.1 Å². The molecular weight excluding hydrogens is 280 g/mol. The molecule has 1 aliphatic carbocycles. The fourth-order valence-corrected chi connectivity index (χ4v) is 2.63. The number of benzene rings is 1. The standard InChI is InChI=1S/C15H19F2NO3/c1-3-20-14(19)15(18-2)7-6-11(9-15)21-10-4-5-12(16)13(17)8-10/h4-5,8,11,18H,3,6-7,9H2,1-2H3. The summed E-state index contributed by atoms with van der Waals surface area (Å²) in [6.45, 7) is 2.07. The van der Waals surface area contributed by atoms with Gasteiger partial charge in [-0.05, 0) is 38.9 Å². The van der Waals surface area contributed by atoms with Gasteiger partial charge in [-0.3, -0.25) is 4.79 Å². The molecule has 116 valence electrons. The Kier molecular flexibility index (Phi) is 4.77. The molecule has 2 rings (SSSR count). The molecule has 0 aromatic heterocycles. The number of rotatable bonds is 5. The van der Waals surface area contributed by atoms with Crippen LogP contribution in [0.1, 0.15) is 26.2 Å². The van der Waals surface area contributed by atoms with E-state index in [2.05, 4.69) is 5.32 Å². The molecule has 1 aromatic rings. The molecular formula is C15H19F2NO3. The van der Waals surface area contributed by atoms with E-state index in [1.807, 2.05) is 0 Å². The SMILES string of the molecule is CCOC(=O)C1(NC)CCC(Oc2ccc(F)c(F)c2)C1. The van der Waals surface area contributed by atoms with Crippen molar-refractivity contribution in [2.75, 3.05) is 13.7 Å². The molecule has 1 N–H and O–H groups in total. The van der Waals surface area contributed by atoms with Crippen LogP contribution >= 0.6 is 0 Å². The summed E-state index contributed by atoms with van der Waals surface area (Å²) in [6, 6.07) is 3.41. The van der Waals surface area contributed by atoms with Crippen LogP contribution in [0, 0.1) is 11.6 Å². The summed E-state index contributed by atoms with van der Waals surface area (Å²) >= 11 is 0. The van der Waals surface area contributed by atoms with Gasteiger partial charge in [-0.2, -0.15) is 0 Å². The maximum Gasteiger partial charge on any atom is 0.326 e. The Hall–Kier alpha value is -1.69. The number of carbonyl (C=O) groups is 1. The largest absolute Gasteiger partial charge is 0.490 e. The summed E-state index contributed by atoms with van der Waals surface area (Å²) in [4.78, 5) is 12.0. The molecule has 2 atom stereocenters. The van der Waals surface area contributed by atoms with Crippen molar-refractivity contribution < 1.29 is 23.0 Å². The quantitative estimate of drug-likeness (QED) is 0.848. The summed E-state index contributed by atoms with van der Waals surface area (Å²) in [5, 5.41) is 3.01. The smallest absolute Gasteiger partial charge is 0.326 e. The van der Waals surface area contributed by atoms with Gasteiger partial charge in [-0.15, -0.1) is 0 Å². The monoisotopic (exact) mass is 299 g/mol. The highest BCUT2D eigenvalue weighted by molar-refractivity contribution is 5.81. The third-order valence-electron chi connectivity index (χ3n) is 3.81. The van der Waals surface area contributed by atoms with Crippen LogP contribution in [0.3, 0.4) is 0 Å². The minimum absolute atomic E-state index is 0.244. The molecule has 0 saturated heterocycles. The van der Waals surface area contributed by atoms with Crippen molar-refractivity contribution >= 4 is 5.97 Å². The van der Waals surface area contributed by atoms with E-state index in [4.69, 9.17) is 9.47 Å². The van der Waals surface area contributed by atoms with E-state index in [9.17, 15) is 13.6 Å². The van der Waals surface area contributed by atoms with Gasteiger partial charge in [-0.25, -0.2) is 8.78 Å². The zero-order chi connectivity index (χ0) is 15.5. The number of halogens is 2.